The molecule has 0 spiro atoms. The van der Waals surface area contributed by atoms with Crippen molar-refractivity contribution >= 4 is 28.7 Å². The highest BCUT2D eigenvalue weighted by Gasteiger charge is 2.15. The molecule has 1 aromatic carbocycles. The van der Waals surface area contributed by atoms with Crippen molar-refractivity contribution in [1.82, 2.24) is 0 Å². The zero-order valence-electron chi connectivity index (χ0n) is 11.8. The van der Waals surface area contributed by atoms with Gasteiger partial charge in [-0.15, -0.1) is 11.3 Å². The zero-order chi connectivity index (χ0) is 14.7. The van der Waals surface area contributed by atoms with Crippen LogP contribution in [0.25, 0.3) is 0 Å². The van der Waals surface area contributed by atoms with Crippen molar-refractivity contribution in [3.8, 4) is 0 Å². The van der Waals surface area contributed by atoms with Crippen LogP contribution in [0.3, 0.4) is 0 Å². The van der Waals surface area contributed by atoms with E-state index in [2.05, 4.69) is 18.3 Å². The summed E-state index contributed by atoms with van der Waals surface area (Å²) >= 11 is 1.69. The second-order valence-electron chi connectivity index (χ2n) is 4.63. The lowest BCUT2D eigenvalue weighted by Gasteiger charge is -2.16. The van der Waals surface area contributed by atoms with Gasteiger partial charge in [-0.1, -0.05) is 6.07 Å². The van der Waals surface area contributed by atoms with Gasteiger partial charge in [-0.05, 0) is 43.0 Å². The Bertz CT molecular complexity index is 609. The monoisotopic (exact) mass is 290 g/mol. The number of methoxy groups -OCH3 is 1. The van der Waals surface area contributed by atoms with Gasteiger partial charge in [0.15, 0.2) is 0 Å². The predicted octanol–water partition coefficient (Wildman–Crippen LogP) is 3.60. The van der Waals surface area contributed by atoms with Gasteiger partial charge in [0.05, 0.1) is 18.7 Å². The standard InChI is InChI=1S/C15H18N2O2S/c1-9-7-11(8-12(14(9)16)15(18)19-3)17-10(2)13-5-4-6-20-13/h4-8,10,17H,16H2,1-3H3. The van der Waals surface area contributed by atoms with Gasteiger partial charge >= 0.3 is 5.97 Å². The number of nitrogens with two attached hydrogens (primary N) is 1. The minimum absolute atomic E-state index is 0.170. The summed E-state index contributed by atoms with van der Waals surface area (Å²) < 4.78 is 4.76. The van der Waals surface area contributed by atoms with E-state index < -0.39 is 5.97 Å². The van der Waals surface area contributed by atoms with Crippen molar-refractivity contribution in [2.24, 2.45) is 0 Å². The number of aryl methyl sites for hydroxylation is 1. The number of benzene rings is 1. The van der Waals surface area contributed by atoms with E-state index in [-0.39, 0.29) is 6.04 Å². The number of hydrogen-bond acceptors (Lipinski definition) is 5. The van der Waals surface area contributed by atoms with Crippen LogP contribution in [0, 0.1) is 6.92 Å². The average molecular weight is 290 g/mol. The predicted molar refractivity (Wildman–Crippen MR) is 83.3 cm³/mol. The van der Waals surface area contributed by atoms with Crippen LogP contribution in [0.1, 0.15) is 33.8 Å². The van der Waals surface area contributed by atoms with Crippen LogP contribution in [0.4, 0.5) is 11.4 Å². The Hall–Kier alpha value is -2.01. The number of thiophene rings is 1. The number of ether oxygens (including phenoxy) is 1. The van der Waals surface area contributed by atoms with Crippen molar-refractivity contribution in [2.45, 2.75) is 19.9 Å². The number of rotatable bonds is 4. The van der Waals surface area contributed by atoms with Gasteiger partial charge in [0.2, 0.25) is 0 Å². The van der Waals surface area contributed by atoms with E-state index in [1.807, 2.05) is 24.4 Å². The maximum atomic E-state index is 11.7. The lowest BCUT2D eigenvalue weighted by Crippen LogP contribution is -2.10. The van der Waals surface area contributed by atoms with E-state index >= 15 is 0 Å². The van der Waals surface area contributed by atoms with Crippen LogP contribution < -0.4 is 11.1 Å². The molecule has 2 aromatic rings. The molecule has 0 bridgehead atoms. The highest BCUT2D eigenvalue weighted by Crippen LogP contribution is 2.27. The molecule has 0 aliphatic heterocycles. The normalized spacial score (nSPS) is 11.9. The van der Waals surface area contributed by atoms with Gasteiger partial charge in [0, 0.05) is 16.3 Å². The van der Waals surface area contributed by atoms with Gasteiger partial charge in [-0.3, -0.25) is 0 Å². The third kappa shape index (κ3) is 2.93. The summed E-state index contributed by atoms with van der Waals surface area (Å²) in [6, 6.07) is 7.94. The lowest BCUT2D eigenvalue weighted by molar-refractivity contribution is 0.0602. The fraction of sp³-hybridized carbons (Fsp3) is 0.267. The van der Waals surface area contributed by atoms with Gasteiger partial charge in [0.25, 0.3) is 0 Å². The van der Waals surface area contributed by atoms with E-state index in [0.29, 0.717) is 11.3 Å². The van der Waals surface area contributed by atoms with Crippen LogP contribution in [0.2, 0.25) is 0 Å². The van der Waals surface area contributed by atoms with E-state index in [1.54, 1.807) is 17.4 Å². The number of nitrogens with one attached hydrogen (secondary N) is 1. The Morgan fingerprint density at radius 1 is 1.45 bits per heavy atom. The van der Waals surface area contributed by atoms with Gasteiger partial charge in [-0.2, -0.15) is 0 Å². The molecule has 0 saturated heterocycles. The maximum absolute atomic E-state index is 11.7. The molecular weight excluding hydrogens is 272 g/mol. The summed E-state index contributed by atoms with van der Waals surface area (Å²) in [4.78, 5) is 13.0. The summed E-state index contributed by atoms with van der Waals surface area (Å²) in [5.74, 6) is -0.418. The Morgan fingerprint density at radius 2 is 2.20 bits per heavy atom. The Labute approximate surface area is 122 Å². The topological polar surface area (TPSA) is 64.3 Å². The number of anilines is 2. The molecule has 0 aliphatic carbocycles. The quantitative estimate of drug-likeness (QED) is 0.667. The van der Waals surface area contributed by atoms with E-state index in [4.69, 9.17) is 10.5 Å². The minimum Gasteiger partial charge on any atom is -0.465 e. The fourth-order valence-corrected chi connectivity index (χ4v) is 2.75. The van der Waals surface area contributed by atoms with Crippen LogP contribution >= 0.6 is 11.3 Å². The van der Waals surface area contributed by atoms with Gasteiger partial charge < -0.3 is 15.8 Å². The Kier molecular flexibility index (Phi) is 4.29. The zero-order valence-corrected chi connectivity index (χ0v) is 12.6. The van der Waals surface area contributed by atoms with E-state index in [0.717, 1.165) is 11.3 Å². The highest BCUT2D eigenvalue weighted by molar-refractivity contribution is 7.10. The summed E-state index contributed by atoms with van der Waals surface area (Å²) in [5, 5.41) is 5.42. The van der Waals surface area contributed by atoms with Crippen molar-refractivity contribution in [2.75, 3.05) is 18.2 Å². The Morgan fingerprint density at radius 3 is 2.80 bits per heavy atom. The van der Waals surface area contributed by atoms with Crippen molar-refractivity contribution in [3.63, 3.8) is 0 Å². The molecule has 3 N–H and O–H groups in total. The van der Waals surface area contributed by atoms with Crippen LogP contribution in [0.5, 0.6) is 0 Å². The summed E-state index contributed by atoms with van der Waals surface area (Å²) in [6.07, 6.45) is 0. The number of carbonyl (C=O) groups is 1. The number of nitrogen functional groups attached to an aromatic ring is 1. The maximum Gasteiger partial charge on any atom is 0.340 e. The molecule has 1 unspecified atom stereocenters. The largest absolute Gasteiger partial charge is 0.465 e. The number of esters is 1. The molecule has 0 radical (unpaired) electrons. The molecule has 0 fully saturated rings. The molecule has 0 amide bonds. The van der Waals surface area contributed by atoms with Crippen LogP contribution in [0.15, 0.2) is 29.6 Å². The van der Waals surface area contributed by atoms with Crippen molar-refractivity contribution in [1.29, 1.82) is 0 Å². The Balaban J connectivity index is 2.29. The molecule has 0 aliphatic rings. The number of carbonyl (C=O) groups excluding carboxylic acids is 1. The molecule has 0 saturated carbocycles. The van der Waals surface area contributed by atoms with E-state index in [9.17, 15) is 4.79 Å². The van der Waals surface area contributed by atoms with Crippen LogP contribution in [-0.2, 0) is 4.74 Å². The molecule has 1 heterocycles. The number of hydrogen-bond donors (Lipinski definition) is 2. The smallest absolute Gasteiger partial charge is 0.340 e. The van der Waals surface area contributed by atoms with Gasteiger partial charge in [0.1, 0.15) is 0 Å². The molecule has 20 heavy (non-hydrogen) atoms. The molecule has 5 heteroatoms. The summed E-state index contributed by atoms with van der Waals surface area (Å²) in [5.41, 5.74) is 8.50. The van der Waals surface area contributed by atoms with Gasteiger partial charge in [-0.25, -0.2) is 4.79 Å². The first kappa shape index (κ1) is 14.4. The average Bonchev–Trinajstić information content (AvgIpc) is 2.96. The third-order valence-corrected chi connectivity index (χ3v) is 4.20. The van der Waals surface area contributed by atoms with E-state index in [1.165, 1.54) is 12.0 Å². The summed E-state index contributed by atoms with van der Waals surface area (Å²) in [6.45, 7) is 3.96. The van der Waals surface area contributed by atoms with Crippen molar-refractivity contribution < 1.29 is 9.53 Å². The van der Waals surface area contributed by atoms with Crippen LogP contribution in [-0.4, -0.2) is 13.1 Å². The lowest BCUT2D eigenvalue weighted by atomic mass is 10.1. The molecule has 2 rings (SSSR count). The first-order valence-corrected chi connectivity index (χ1v) is 7.19. The second-order valence-corrected chi connectivity index (χ2v) is 5.61. The third-order valence-electron chi connectivity index (χ3n) is 3.15. The second kappa shape index (κ2) is 5.96. The SMILES string of the molecule is COC(=O)c1cc(NC(C)c2cccs2)cc(C)c1N. The molecular formula is C15H18N2O2S. The first-order valence-electron chi connectivity index (χ1n) is 6.31. The molecule has 1 aromatic heterocycles. The molecule has 4 nitrogen and oxygen atoms in total. The molecule has 106 valence electrons. The molecule has 1 atom stereocenters. The fourth-order valence-electron chi connectivity index (χ4n) is 2.02. The summed E-state index contributed by atoms with van der Waals surface area (Å²) in [7, 11) is 1.35. The minimum atomic E-state index is -0.418. The first-order chi connectivity index (χ1) is 9.52. The highest BCUT2D eigenvalue weighted by atomic mass is 32.1. The van der Waals surface area contributed by atoms with Crippen molar-refractivity contribution in [3.05, 3.63) is 45.6 Å².